The summed E-state index contributed by atoms with van der Waals surface area (Å²) in [4.78, 5) is 1.98. The minimum atomic E-state index is -3.46. The molecule has 6 nitrogen and oxygen atoms in total. The number of hydrogen-bond acceptors (Lipinski definition) is 5. The van der Waals surface area contributed by atoms with Gasteiger partial charge in [-0.05, 0) is 12.8 Å². The summed E-state index contributed by atoms with van der Waals surface area (Å²) in [5.74, 6) is -0.495. The van der Waals surface area contributed by atoms with Crippen molar-refractivity contribution in [3.63, 3.8) is 0 Å². The van der Waals surface area contributed by atoms with E-state index in [0.29, 0.717) is 32.5 Å². The van der Waals surface area contributed by atoms with Gasteiger partial charge in [0.1, 0.15) is 0 Å². The van der Waals surface area contributed by atoms with E-state index in [1.807, 2.05) is 4.90 Å². The van der Waals surface area contributed by atoms with Gasteiger partial charge in [0.15, 0.2) is 5.75 Å². The summed E-state index contributed by atoms with van der Waals surface area (Å²) in [5, 5.41) is 16.8. The van der Waals surface area contributed by atoms with Crippen molar-refractivity contribution >= 4 is 10.0 Å². The van der Waals surface area contributed by atoms with Crippen LogP contribution in [0.3, 0.4) is 0 Å². The van der Waals surface area contributed by atoms with Crippen molar-refractivity contribution in [2.75, 3.05) is 25.4 Å². The topological polar surface area (TPSA) is 97.0 Å². The van der Waals surface area contributed by atoms with Gasteiger partial charge in [0.05, 0.1) is 18.7 Å². The van der Waals surface area contributed by atoms with E-state index in [4.69, 9.17) is 10.5 Å². The highest BCUT2D eigenvalue weighted by Gasteiger charge is 2.22. The lowest BCUT2D eigenvalue weighted by molar-refractivity contribution is 0.229. The highest BCUT2D eigenvalue weighted by molar-refractivity contribution is 7.89. The van der Waals surface area contributed by atoms with E-state index in [9.17, 15) is 8.42 Å². The monoisotopic (exact) mass is 242 g/mol. The van der Waals surface area contributed by atoms with Crippen LogP contribution < -0.4 is 4.72 Å². The van der Waals surface area contributed by atoms with Gasteiger partial charge in [0, 0.05) is 19.1 Å². The third-order valence-electron chi connectivity index (χ3n) is 2.48. The maximum absolute atomic E-state index is 11.3. The molecule has 0 spiro atoms. The number of nitrogens with zero attached hydrogens (tertiary/aromatic N) is 3. The predicted molar refractivity (Wildman–Crippen MR) is 57.6 cm³/mol. The van der Waals surface area contributed by atoms with Crippen molar-refractivity contribution in [1.82, 2.24) is 9.62 Å². The van der Waals surface area contributed by atoms with Crippen LogP contribution in [0.2, 0.25) is 0 Å². The quantitative estimate of drug-likeness (QED) is 0.665. The van der Waals surface area contributed by atoms with E-state index in [-0.39, 0.29) is 6.04 Å². The number of nitriles is 2. The van der Waals surface area contributed by atoms with E-state index in [1.165, 1.54) is 0 Å². The molecule has 0 atom stereocenters. The van der Waals surface area contributed by atoms with Crippen molar-refractivity contribution in [2.24, 2.45) is 0 Å². The summed E-state index contributed by atoms with van der Waals surface area (Å²) in [5.41, 5.74) is 0. The molecular formula is C9H14N4O2S. The fourth-order valence-corrected chi connectivity index (χ4v) is 2.69. The van der Waals surface area contributed by atoms with E-state index < -0.39 is 15.8 Å². The van der Waals surface area contributed by atoms with Crippen LogP contribution in [-0.4, -0.2) is 44.7 Å². The van der Waals surface area contributed by atoms with Gasteiger partial charge in [0.25, 0.3) is 0 Å². The van der Waals surface area contributed by atoms with Crippen molar-refractivity contribution in [3.8, 4) is 12.1 Å². The summed E-state index contributed by atoms with van der Waals surface area (Å²) < 4.78 is 25.1. The minimum Gasteiger partial charge on any atom is -0.290 e. The zero-order valence-electron chi connectivity index (χ0n) is 8.89. The fourth-order valence-electron chi connectivity index (χ4n) is 1.69. The molecule has 1 heterocycles. The molecule has 0 bridgehead atoms. The zero-order valence-corrected chi connectivity index (χ0v) is 9.70. The maximum Gasteiger partial charge on any atom is 0.225 e. The minimum absolute atomic E-state index is 0.103. The Morgan fingerprint density at radius 1 is 1.25 bits per heavy atom. The largest absolute Gasteiger partial charge is 0.290 e. The second kappa shape index (κ2) is 5.80. The smallest absolute Gasteiger partial charge is 0.225 e. The Hall–Kier alpha value is -1.15. The molecule has 0 saturated carbocycles. The molecule has 1 fully saturated rings. The summed E-state index contributed by atoms with van der Waals surface area (Å²) in [7, 11) is -3.46. The number of sulfonamides is 1. The van der Waals surface area contributed by atoms with Crippen LogP contribution in [0.15, 0.2) is 0 Å². The Kier molecular flexibility index (Phi) is 4.69. The van der Waals surface area contributed by atoms with E-state index in [2.05, 4.69) is 10.8 Å². The molecule has 7 heteroatoms. The first-order chi connectivity index (χ1) is 7.57. The maximum atomic E-state index is 11.3. The van der Waals surface area contributed by atoms with Crippen molar-refractivity contribution in [2.45, 2.75) is 18.9 Å². The lowest BCUT2D eigenvalue weighted by atomic mass is 10.1. The second-order valence-electron chi connectivity index (χ2n) is 3.74. The molecule has 0 unspecified atom stereocenters. The van der Waals surface area contributed by atoms with Gasteiger partial charge in [-0.25, -0.2) is 13.1 Å². The number of rotatable bonds is 4. The van der Waals surface area contributed by atoms with Crippen LogP contribution in [0.5, 0.6) is 0 Å². The van der Waals surface area contributed by atoms with Gasteiger partial charge in [-0.2, -0.15) is 10.5 Å². The summed E-state index contributed by atoms with van der Waals surface area (Å²) in [6.07, 6.45) is 1.37. The lowest BCUT2D eigenvalue weighted by Crippen LogP contribution is -2.45. The second-order valence-corrected chi connectivity index (χ2v) is 5.50. The Balaban J connectivity index is 2.39. The van der Waals surface area contributed by atoms with Crippen LogP contribution in [0.25, 0.3) is 0 Å². The SMILES string of the molecule is N#CCN1CCC(NS(=O)(=O)CC#N)CC1. The molecule has 0 aliphatic carbocycles. The molecule has 0 aromatic rings. The Bertz CT molecular complexity index is 398. The first-order valence-corrected chi connectivity index (χ1v) is 6.69. The molecule has 1 aliphatic heterocycles. The van der Waals surface area contributed by atoms with Crippen LogP contribution in [0.4, 0.5) is 0 Å². The highest BCUT2D eigenvalue weighted by Crippen LogP contribution is 2.10. The highest BCUT2D eigenvalue weighted by atomic mass is 32.2. The molecule has 1 N–H and O–H groups in total. The van der Waals surface area contributed by atoms with E-state index >= 15 is 0 Å². The van der Waals surface area contributed by atoms with E-state index in [1.54, 1.807) is 6.07 Å². The molecule has 0 amide bonds. The third kappa shape index (κ3) is 4.15. The fraction of sp³-hybridized carbons (Fsp3) is 0.778. The molecule has 1 saturated heterocycles. The molecule has 0 radical (unpaired) electrons. The van der Waals surface area contributed by atoms with Gasteiger partial charge in [-0.1, -0.05) is 0 Å². The molecular weight excluding hydrogens is 228 g/mol. The van der Waals surface area contributed by atoms with Gasteiger partial charge in [-0.3, -0.25) is 4.90 Å². The Morgan fingerprint density at radius 3 is 2.38 bits per heavy atom. The Labute approximate surface area is 95.5 Å². The number of nitrogens with one attached hydrogen (secondary N) is 1. The standard InChI is InChI=1S/C9H14N4O2S/c10-3-7-13-5-1-9(2-6-13)12-16(14,15)8-4-11/h9,12H,1-2,5-8H2. The van der Waals surface area contributed by atoms with Gasteiger partial charge >= 0.3 is 0 Å². The number of likely N-dealkylation sites (tertiary alicyclic amines) is 1. The third-order valence-corrected chi connectivity index (χ3v) is 3.68. The summed E-state index contributed by atoms with van der Waals surface area (Å²) in [6.45, 7) is 1.82. The average molecular weight is 242 g/mol. The first-order valence-electron chi connectivity index (χ1n) is 5.03. The number of piperidine rings is 1. The van der Waals surface area contributed by atoms with Crippen LogP contribution >= 0.6 is 0 Å². The predicted octanol–water partition coefficient (Wildman–Crippen LogP) is -0.583. The Morgan fingerprint density at radius 2 is 1.88 bits per heavy atom. The van der Waals surface area contributed by atoms with Crippen LogP contribution in [0.1, 0.15) is 12.8 Å². The normalized spacial score (nSPS) is 18.9. The molecule has 88 valence electrons. The molecule has 16 heavy (non-hydrogen) atoms. The van der Waals surface area contributed by atoms with Crippen LogP contribution in [-0.2, 0) is 10.0 Å². The summed E-state index contributed by atoms with van der Waals surface area (Å²) in [6, 6.07) is 3.58. The average Bonchev–Trinajstić information content (AvgIpc) is 2.21. The molecule has 1 rings (SSSR count). The van der Waals surface area contributed by atoms with Gasteiger partial charge in [0.2, 0.25) is 10.0 Å². The molecule has 1 aliphatic rings. The molecule has 0 aromatic heterocycles. The van der Waals surface area contributed by atoms with E-state index in [0.717, 1.165) is 0 Å². The van der Waals surface area contributed by atoms with Gasteiger partial charge in [-0.15, -0.1) is 0 Å². The van der Waals surface area contributed by atoms with Crippen molar-refractivity contribution < 1.29 is 8.42 Å². The van der Waals surface area contributed by atoms with Crippen molar-refractivity contribution in [3.05, 3.63) is 0 Å². The van der Waals surface area contributed by atoms with Crippen LogP contribution in [0, 0.1) is 22.7 Å². The first kappa shape index (κ1) is 12.9. The molecule has 0 aromatic carbocycles. The number of hydrogen-bond donors (Lipinski definition) is 1. The van der Waals surface area contributed by atoms with Crippen molar-refractivity contribution in [1.29, 1.82) is 10.5 Å². The summed E-state index contributed by atoms with van der Waals surface area (Å²) >= 11 is 0. The zero-order chi connectivity index (χ0) is 12.0. The lowest BCUT2D eigenvalue weighted by Gasteiger charge is -2.30. The van der Waals surface area contributed by atoms with Gasteiger partial charge < -0.3 is 0 Å².